The molecule has 1 aliphatic rings. The Bertz CT molecular complexity index is 999. The third kappa shape index (κ3) is 3.66. The van der Waals surface area contributed by atoms with Crippen LogP contribution in [0, 0.1) is 11.3 Å². The van der Waals surface area contributed by atoms with E-state index in [1.165, 1.54) is 16.4 Å². The fourth-order valence-corrected chi connectivity index (χ4v) is 4.64. The van der Waals surface area contributed by atoms with Crippen LogP contribution in [-0.4, -0.2) is 26.6 Å². The Morgan fingerprint density at radius 3 is 2.69 bits per heavy atom. The third-order valence-corrected chi connectivity index (χ3v) is 6.33. The first-order chi connectivity index (χ1) is 12.4. The van der Waals surface area contributed by atoms with E-state index in [0.717, 1.165) is 6.42 Å². The van der Waals surface area contributed by atoms with Crippen LogP contribution in [0.5, 0.6) is 0 Å². The SMILES string of the molecule is N#Cc1ccccc1NC(=O)c1cc(N2CCCCS2(=O)=O)ccc1Cl. The number of carbonyl (C=O) groups excluding carboxylic acids is 1. The highest BCUT2D eigenvalue weighted by molar-refractivity contribution is 7.92. The van der Waals surface area contributed by atoms with Gasteiger partial charge in [0.15, 0.2) is 0 Å². The lowest BCUT2D eigenvalue weighted by molar-refractivity contribution is 0.102. The van der Waals surface area contributed by atoms with E-state index in [-0.39, 0.29) is 16.3 Å². The van der Waals surface area contributed by atoms with Gasteiger partial charge in [0.05, 0.1) is 33.3 Å². The summed E-state index contributed by atoms with van der Waals surface area (Å²) < 4.78 is 25.9. The van der Waals surface area contributed by atoms with E-state index >= 15 is 0 Å². The molecule has 8 heteroatoms. The average Bonchev–Trinajstić information content (AvgIpc) is 2.62. The maximum Gasteiger partial charge on any atom is 0.257 e. The van der Waals surface area contributed by atoms with Crippen LogP contribution < -0.4 is 9.62 Å². The van der Waals surface area contributed by atoms with E-state index < -0.39 is 15.9 Å². The number of amides is 1. The molecular formula is C18H16ClN3O3S. The third-order valence-electron chi connectivity index (χ3n) is 4.13. The number of carbonyl (C=O) groups is 1. The van der Waals surface area contributed by atoms with E-state index in [0.29, 0.717) is 29.9 Å². The van der Waals surface area contributed by atoms with Gasteiger partial charge in [-0.3, -0.25) is 9.10 Å². The molecule has 0 aromatic heterocycles. The van der Waals surface area contributed by atoms with Crippen LogP contribution in [0.2, 0.25) is 5.02 Å². The summed E-state index contributed by atoms with van der Waals surface area (Å²) in [7, 11) is -3.39. The zero-order chi connectivity index (χ0) is 18.7. The Morgan fingerprint density at radius 1 is 1.19 bits per heavy atom. The van der Waals surface area contributed by atoms with Crippen LogP contribution in [0.1, 0.15) is 28.8 Å². The van der Waals surface area contributed by atoms with Crippen molar-refractivity contribution in [2.45, 2.75) is 12.8 Å². The van der Waals surface area contributed by atoms with Gasteiger partial charge in [0.25, 0.3) is 5.91 Å². The van der Waals surface area contributed by atoms with Crippen molar-refractivity contribution in [3.63, 3.8) is 0 Å². The average molecular weight is 390 g/mol. The van der Waals surface area contributed by atoms with E-state index in [1.807, 2.05) is 6.07 Å². The van der Waals surface area contributed by atoms with Crippen LogP contribution in [0.25, 0.3) is 0 Å². The first kappa shape index (κ1) is 18.2. The lowest BCUT2D eigenvalue weighted by atomic mass is 10.1. The number of hydrogen-bond donors (Lipinski definition) is 1. The van der Waals surface area contributed by atoms with Gasteiger partial charge in [0.2, 0.25) is 10.0 Å². The molecule has 1 amide bonds. The number of anilines is 2. The molecule has 0 bridgehead atoms. The largest absolute Gasteiger partial charge is 0.321 e. The van der Waals surface area contributed by atoms with E-state index in [9.17, 15) is 13.2 Å². The van der Waals surface area contributed by atoms with Crippen molar-refractivity contribution in [3.8, 4) is 6.07 Å². The molecular weight excluding hydrogens is 374 g/mol. The topological polar surface area (TPSA) is 90.3 Å². The molecule has 1 saturated heterocycles. The summed E-state index contributed by atoms with van der Waals surface area (Å²) in [5.74, 6) is -0.416. The molecule has 0 spiro atoms. The standard InChI is InChI=1S/C18H16ClN3O3S/c19-16-8-7-14(22-9-3-4-10-26(22,24)25)11-15(16)18(23)21-17-6-2-1-5-13(17)12-20/h1-2,5-8,11H,3-4,9-10H2,(H,21,23). The highest BCUT2D eigenvalue weighted by Gasteiger charge is 2.27. The minimum Gasteiger partial charge on any atom is -0.321 e. The van der Waals surface area contributed by atoms with Gasteiger partial charge >= 0.3 is 0 Å². The molecule has 0 unspecified atom stereocenters. The molecule has 1 N–H and O–H groups in total. The normalized spacial score (nSPS) is 15.9. The van der Waals surface area contributed by atoms with Crippen molar-refractivity contribution in [2.24, 2.45) is 0 Å². The lowest BCUT2D eigenvalue weighted by Crippen LogP contribution is -2.38. The Labute approximate surface area is 157 Å². The van der Waals surface area contributed by atoms with Crippen LogP contribution in [0.4, 0.5) is 11.4 Å². The number of rotatable bonds is 3. The molecule has 0 atom stereocenters. The summed E-state index contributed by atoms with van der Waals surface area (Å²) in [5.41, 5.74) is 1.25. The Hall–Kier alpha value is -2.56. The molecule has 26 heavy (non-hydrogen) atoms. The van der Waals surface area contributed by atoms with Crippen molar-refractivity contribution in [3.05, 3.63) is 58.6 Å². The van der Waals surface area contributed by atoms with Crippen LogP contribution in [0.3, 0.4) is 0 Å². The number of hydrogen-bond acceptors (Lipinski definition) is 4. The van der Waals surface area contributed by atoms with Crippen molar-refractivity contribution in [2.75, 3.05) is 21.9 Å². The molecule has 2 aromatic rings. The highest BCUT2D eigenvalue weighted by atomic mass is 35.5. The van der Waals surface area contributed by atoms with Gasteiger partial charge in [0, 0.05) is 6.54 Å². The summed E-state index contributed by atoms with van der Waals surface area (Å²) in [4.78, 5) is 12.6. The van der Waals surface area contributed by atoms with E-state index in [1.54, 1.807) is 30.3 Å². The molecule has 134 valence electrons. The number of sulfonamides is 1. The number of para-hydroxylation sites is 1. The molecule has 6 nitrogen and oxygen atoms in total. The second kappa shape index (κ2) is 7.36. The quantitative estimate of drug-likeness (QED) is 0.871. The molecule has 1 aliphatic heterocycles. The number of benzene rings is 2. The first-order valence-corrected chi connectivity index (χ1v) is 10.0. The monoisotopic (exact) mass is 389 g/mol. The fraction of sp³-hybridized carbons (Fsp3) is 0.222. The Morgan fingerprint density at radius 2 is 1.96 bits per heavy atom. The number of nitriles is 1. The van der Waals surface area contributed by atoms with Crippen molar-refractivity contribution >= 4 is 38.9 Å². The zero-order valence-corrected chi connectivity index (χ0v) is 15.3. The molecule has 2 aromatic carbocycles. The van der Waals surface area contributed by atoms with Gasteiger partial charge < -0.3 is 5.32 Å². The first-order valence-electron chi connectivity index (χ1n) is 8.03. The molecule has 3 rings (SSSR count). The second-order valence-corrected chi connectivity index (χ2v) is 8.29. The number of halogens is 1. The van der Waals surface area contributed by atoms with Crippen molar-refractivity contribution in [1.82, 2.24) is 0 Å². The molecule has 1 fully saturated rings. The van der Waals surface area contributed by atoms with Crippen LogP contribution in [0.15, 0.2) is 42.5 Å². The maximum atomic E-state index is 12.6. The Balaban J connectivity index is 1.93. The summed E-state index contributed by atoms with van der Waals surface area (Å²) in [5, 5.41) is 12.0. The van der Waals surface area contributed by atoms with Crippen LogP contribution in [-0.2, 0) is 10.0 Å². The van der Waals surface area contributed by atoms with Crippen LogP contribution >= 0.6 is 11.6 Å². The maximum absolute atomic E-state index is 12.6. The summed E-state index contributed by atoms with van der Waals surface area (Å²) >= 11 is 6.15. The van der Waals surface area contributed by atoms with Gasteiger partial charge in [0.1, 0.15) is 6.07 Å². The summed E-state index contributed by atoms with van der Waals surface area (Å²) in [6.45, 7) is 0.377. The predicted octanol–water partition coefficient (Wildman–Crippen LogP) is 3.39. The van der Waals surface area contributed by atoms with Gasteiger partial charge in [-0.25, -0.2) is 8.42 Å². The highest BCUT2D eigenvalue weighted by Crippen LogP contribution is 2.28. The van der Waals surface area contributed by atoms with Gasteiger partial charge in [-0.15, -0.1) is 0 Å². The minimum absolute atomic E-state index is 0.0900. The van der Waals surface area contributed by atoms with Gasteiger partial charge in [-0.2, -0.15) is 5.26 Å². The molecule has 0 aliphatic carbocycles. The predicted molar refractivity (Wildman–Crippen MR) is 101 cm³/mol. The fourth-order valence-electron chi connectivity index (χ4n) is 2.80. The van der Waals surface area contributed by atoms with E-state index in [2.05, 4.69) is 5.32 Å². The van der Waals surface area contributed by atoms with Crippen molar-refractivity contribution in [1.29, 1.82) is 5.26 Å². The van der Waals surface area contributed by atoms with Gasteiger partial charge in [-0.05, 0) is 43.2 Å². The van der Waals surface area contributed by atoms with Gasteiger partial charge in [-0.1, -0.05) is 23.7 Å². The summed E-state index contributed by atoms with van der Waals surface area (Å²) in [6.07, 6.45) is 1.39. The number of nitrogens with zero attached hydrogens (tertiary/aromatic N) is 2. The lowest BCUT2D eigenvalue weighted by Gasteiger charge is -2.28. The smallest absolute Gasteiger partial charge is 0.257 e. The minimum atomic E-state index is -3.39. The molecule has 0 radical (unpaired) electrons. The molecule has 0 saturated carbocycles. The Kier molecular flexibility index (Phi) is 5.16. The number of nitrogens with one attached hydrogen (secondary N) is 1. The van der Waals surface area contributed by atoms with E-state index in [4.69, 9.17) is 16.9 Å². The molecule has 1 heterocycles. The summed E-state index contributed by atoms with van der Waals surface area (Å²) in [6, 6.07) is 13.2. The van der Waals surface area contributed by atoms with Crippen molar-refractivity contribution < 1.29 is 13.2 Å². The second-order valence-electron chi connectivity index (χ2n) is 5.87. The zero-order valence-electron chi connectivity index (χ0n) is 13.8.